The summed E-state index contributed by atoms with van der Waals surface area (Å²) in [6.45, 7) is 0. The van der Waals surface area contributed by atoms with Gasteiger partial charge in [0.2, 0.25) is 11.9 Å². The van der Waals surface area contributed by atoms with Gasteiger partial charge in [0, 0.05) is 43.6 Å². The van der Waals surface area contributed by atoms with Gasteiger partial charge in [0.15, 0.2) is 22.0 Å². The molecule has 0 saturated carbocycles. The molecule has 0 N–H and O–H groups in total. The van der Waals surface area contributed by atoms with Crippen LogP contribution in [0.25, 0.3) is 94.4 Å². The first-order valence-corrected chi connectivity index (χ1v) is 34.4. The smallest absolute Gasteiger partial charge is 0.240 e. The van der Waals surface area contributed by atoms with Crippen LogP contribution in [-0.2, 0) is 0 Å². The van der Waals surface area contributed by atoms with Crippen LogP contribution in [0, 0.1) is 0 Å². The van der Waals surface area contributed by atoms with Gasteiger partial charge in [-0.15, -0.1) is 0 Å². The number of hydrogen-bond acceptors (Lipinski definition) is 3. The maximum absolute atomic E-state index is 5.80. The zero-order valence-corrected chi connectivity index (χ0v) is 50.5. The van der Waals surface area contributed by atoms with Gasteiger partial charge >= 0.3 is 0 Å². The zero-order valence-electron chi connectivity index (χ0n) is 48.5. The predicted molar refractivity (Wildman–Crippen MR) is 376 cm³/mol. The van der Waals surface area contributed by atoms with E-state index in [9.17, 15) is 0 Å². The quantitative estimate of drug-likeness (QED) is 0.0905. The largest absolute Gasteiger partial charge is 0.309 e. The maximum Gasteiger partial charge on any atom is 0.240 e. The van der Waals surface area contributed by atoms with E-state index < -0.39 is 16.1 Å². The summed E-state index contributed by atoms with van der Waals surface area (Å²) in [6, 6.07) is 125. The Morgan fingerprint density at radius 3 is 1.07 bits per heavy atom. The van der Waals surface area contributed by atoms with Crippen molar-refractivity contribution in [3.63, 3.8) is 0 Å². The Hall–Kier alpha value is -11.3. The molecule has 17 rings (SSSR count). The van der Waals surface area contributed by atoms with Crippen LogP contribution in [0.3, 0.4) is 0 Å². The molecular formula is C81H56N6Si2. The van der Waals surface area contributed by atoms with Crippen molar-refractivity contribution in [3.8, 4) is 29.0 Å². The Morgan fingerprint density at radius 1 is 0.225 bits per heavy atom. The summed E-state index contributed by atoms with van der Waals surface area (Å²) in [6.07, 6.45) is 0. The van der Waals surface area contributed by atoms with Gasteiger partial charge in [-0.2, -0.15) is 15.0 Å². The standard InChI is InChI=1S/C81H56N6Si2/c1-8-30-58(31-9-1)85-75-54-53-70-69-47-24-27-50-74(69)87(78(70)77(75)71-52-51-66(56-76(71)85)89(62-38-16-5-17-39-62,63-40-18-6-19-41-63)64-42-20-7-21-43-64)81-83-79(82-80(84-81)86-72-48-25-22-45-67(72)68-46-23-26-49-73(68)86)57-29-28-44-65(55-57)88(59-32-10-2-11-33-59,60-34-12-3-13-35-60)61-36-14-4-15-37-61/h1-56H. The highest BCUT2D eigenvalue weighted by atomic mass is 28.3. The molecule has 0 aliphatic rings. The lowest BCUT2D eigenvalue weighted by molar-refractivity contribution is 0.894. The Balaban J connectivity index is 0.983. The Kier molecular flexibility index (Phi) is 12.5. The zero-order chi connectivity index (χ0) is 58.9. The van der Waals surface area contributed by atoms with Gasteiger partial charge in [0.05, 0.1) is 33.1 Å². The fourth-order valence-electron chi connectivity index (χ4n) is 14.7. The predicted octanol–water partition coefficient (Wildman–Crippen LogP) is 13.6. The molecule has 0 saturated heterocycles. The lowest BCUT2D eigenvalue weighted by Gasteiger charge is -2.34. The van der Waals surface area contributed by atoms with Crippen molar-refractivity contribution in [1.82, 2.24) is 28.7 Å². The molecule has 17 aromatic rings. The minimum absolute atomic E-state index is 0.523. The highest BCUT2D eigenvalue weighted by Gasteiger charge is 2.43. The summed E-state index contributed by atoms with van der Waals surface area (Å²) >= 11 is 0. The topological polar surface area (TPSA) is 53.5 Å². The molecule has 0 atom stereocenters. The highest BCUT2D eigenvalue weighted by molar-refractivity contribution is 7.20. The first-order valence-electron chi connectivity index (χ1n) is 30.4. The molecule has 0 radical (unpaired) electrons. The van der Waals surface area contributed by atoms with E-state index in [1.165, 1.54) is 41.5 Å². The number of para-hydroxylation sites is 4. The second kappa shape index (κ2) is 21.3. The van der Waals surface area contributed by atoms with E-state index in [2.05, 4.69) is 353 Å². The van der Waals surface area contributed by atoms with Gasteiger partial charge in [-0.25, -0.2) is 0 Å². The normalized spacial score (nSPS) is 12.0. The van der Waals surface area contributed by atoms with Crippen molar-refractivity contribution < 1.29 is 0 Å². The molecule has 13 aromatic carbocycles. The van der Waals surface area contributed by atoms with Crippen LogP contribution in [-0.4, -0.2) is 44.8 Å². The summed E-state index contributed by atoms with van der Waals surface area (Å²) in [5.74, 6) is 1.63. The molecule has 4 aromatic heterocycles. The minimum atomic E-state index is -2.98. The molecule has 0 spiro atoms. The van der Waals surface area contributed by atoms with E-state index >= 15 is 0 Å². The van der Waals surface area contributed by atoms with Crippen molar-refractivity contribution in [2.45, 2.75) is 0 Å². The Bertz CT molecular complexity index is 5230. The van der Waals surface area contributed by atoms with Gasteiger partial charge in [-0.05, 0) is 84.0 Å². The lowest BCUT2D eigenvalue weighted by atomic mass is 10.1. The van der Waals surface area contributed by atoms with Crippen molar-refractivity contribution >= 4 is 123 Å². The monoisotopic (exact) mass is 1170 g/mol. The van der Waals surface area contributed by atoms with Crippen LogP contribution in [0.5, 0.6) is 0 Å². The van der Waals surface area contributed by atoms with E-state index in [0.717, 1.165) is 76.7 Å². The van der Waals surface area contributed by atoms with Crippen LogP contribution < -0.4 is 41.5 Å². The van der Waals surface area contributed by atoms with Crippen LogP contribution in [0.15, 0.2) is 340 Å². The minimum Gasteiger partial charge on any atom is -0.309 e. The fourth-order valence-corrected chi connectivity index (χ4v) is 24.3. The third-order valence-electron chi connectivity index (χ3n) is 18.4. The van der Waals surface area contributed by atoms with Gasteiger partial charge in [-0.3, -0.25) is 9.13 Å². The number of aromatic nitrogens is 6. The van der Waals surface area contributed by atoms with Crippen LogP contribution in [0.4, 0.5) is 0 Å². The third kappa shape index (κ3) is 8.11. The third-order valence-corrected chi connectivity index (χ3v) is 27.9. The first-order chi connectivity index (χ1) is 44.2. The van der Waals surface area contributed by atoms with Crippen LogP contribution in [0.1, 0.15) is 0 Å². The van der Waals surface area contributed by atoms with Gasteiger partial charge in [0.25, 0.3) is 0 Å². The van der Waals surface area contributed by atoms with Gasteiger partial charge in [0.1, 0.15) is 0 Å². The van der Waals surface area contributed by atoms with Gasteiger partial charge in [-0.1, -0.05) is 297 Å². The fraction of sp³-hybridized carbons (Fsp3) is 0. The lowest BCUT2D eigenvalue weighted by Crippen LogP contribution is -2.74. The number of benzene rings is 13. The molecule has 0 unspecified atom stereocenters. The Labute approximate surface area is 517 Å². The van der Waals surface area contributed by atoms with Gasteiger partial charge < -0.3 is 4.57 Å². The van der Waals surface area contributed by atoms with Crippen molar-refractivity contribution in [2.75, 3.05) is 0 Å². The average molecular weight is 1170 g/mol. The molecule has 0 fully saturated rings. The maximum atomic E-state index is 5.80. The van der Waals surface area contributed by atoms with E-state index in [1.54, 1.807) is 0 Å². The average Bonchev–Trinajstić information content (AvgIpc) is 1.58. The highest BCUT2D eigenvalue weighted by Crippen LogP contribution is 2.42. The van der Waals surface area contributed by atoms with Crippen molar-refractivity contribution in [3.05, 3.63) is 340 Å². The summed E-state index contributed by atoms with van der Waals surface area (Å²) < 4.78 is 7.04. The summed E-state index contributed by atoms with van der Waals surface area (Å²) in [5, 5.41) is 17.1. The summed E-state index contributed by atoms with van der Waals surface area (Å²) in [4.78, 5) is 17.2. The van der Waals surface area contributed by atoms with Crippen LogP contribution >= 0.6 is 0 Å². The summed E-state index contributed by atoms with van der Waals surface area (Å²) in [5.41, 5.74) is 8.23. The number of rotatable bonds is 12. The molecule has 0 aliphatic carbocycles. The number of fused-ring (bicyclic) bond motifs is 10. The van der Waals surface area contributed by atoms with E-state index in [0.29, 0.717) is 17.7 Å². The summed E-state index contributed by atoms with van der Waals surface area (Å²) in [7, 11) is -5.94. The number of nitrogens with zero attached hydrogens (tertiary/aromatic N) is 6. The van der Waals surface area contributed by atoms with E-state index in [-0.39, 0.29) is 0 Å². The van der Waals surface area contributed by atoms with Crippen LogP contribution in [0.2, 0.25) is 0 Å². The second-order valence-electron chi connectivity index (χ2n) is 23.0. The molecule has 6 nitrogen and oxygen atoms in total. The number of hydrogen-bond donors (Lipinski definition) is 0. The molecule has 0 amide bonds. The Morgan fingerprint density at radius 2 is 0.596 bits per heavy atom. The molecule has 0 aliphatic heterocycles. The van der Waals surface area contributed by atoms with Crippen molar-refractivity contribution in [2.24, 2.45) is 0 Å². The molecule has 4 heterocycles. The molecule has 89 heavy (non-hydrogen) atoms. The molecule has 0 bridgehead atoms. The molecular weight excluding hydrogens is 1110 g/mol. The van der Waals surface area contributed by atoms with E-state index in [1.807, 2.05) is 0 Å². The van der Waals surface area contributed by atoms with E-state index in [4.69, 9.17) is 15.0 Å². The second-order valence-corrected chi connectivity index (χ2v) is 30.6. The SMILES string of the molecule is c1ccc(-n2c3cc([Si](c4ccccc4)(c4ccccc4)c4ccccc4)ccc3c3c2ccc2c4ccccc4n(-c4nc(-c5cccc([Si](c6ccccc6)(c6ccccc6)c6ccccc6)c5)nc(-n5c6ccccc6c6ccccc65)n4)c23)cc1. The first kappa shape index (κ1) is 52.1. The van der Waals surface area contributed by atoms with Crippen molar-refractivity contribution in [1.29, 1.82) is 0 Å². The molecule has 418 valence electrons. The molecule has 8 heteroatoms.